The highest BCUT2D eigenvalue weighted by atomic mass is 19.4. The van der Waals surface area contributed by atoms with Crippen molar-refractivity contribution < 1.29 is 22.7 Å². The summed E-state index contributed by atoms with van der Waals surface area (Å²) in [5.41, 5.74) is 2.33. The van der Waals surface area contributed by atoms with Crippen molar-refractivity contribution in [2.24, 2.45) is 0 Å². The number of hydrogen-bond donors (Lipinski definition) is 0. The molecule has 0 bridgehead atoms. The van der Waals surface area contributed by atoms with E-state index in [9.17, 15) is 18.0 Å². The molecule has 1 unspecified atom stereocenters. The van der Waals surface area contributed by atoms with Gasteiger partial charge >= 0.3 is 12.1 Å². The fraction of sp³-hybridized carbons (Fsp3) is 0.0870. The van der Waals surface area contributed by atoms with Crippen molar-refractivity contribution >= 4 is 17.1 Å². The first-order valence-electron chi connectivity index (χ1n) is 8.68. The maximum absolute atomic E-state index is 12.9. The van der Waals surface area contributed by atoms with E-state index in [1.165, 1.54) is 12.1 Å². The van der Waals surface area contributed by atoms with Crippen LogP contribution in [-0.2, 0) is 15.7 Å². The van der Waals surface area contributed by atoms with Gasteiger partial charge in [0.25, 0.3) is 0 Å². The summed E-state index contributed by atoms with van der Waals surface area (Å²) in [6.07, 6.45) is -5.19. The van der Waals surface area contributed by atoms with Crippen molar-refractivity contribution in [1.29, 1.82) is 0 Å². The van der Waals surface area contributed by atoms with E-state index in [4.69, 9.17) is 4.74 Å². The van der Waals surface area contributed by atoms with E-state index in [1.54, 1.807) is 0 Å². The Labute approximate surface area is 159 Å². The van der Waals surface area contributed by atoms with Gasteiger partial charge in [-0.3, -0.25) is 0 Å². The van der Waals surface area contributed by atoms with Crippen LogP contribution in [0.1, 0.15) is 28.4 Å². The molecule has 140 valence electrons. The second kappa shape index (κ2) is 7.00. The van der Waals surface area contributed by atoms with E-state index >= 15 is 0 Å². The fourth-order valence-corrected chi connectivity index (χ4v) is 3.34. The lowest BCUT2D eigenvalue weighted by molar-refractivity contribution is -0.139. The highest BCUT2D eigenvalue weighted by Crippen LogP contribution is 2.45. The molecule has 0 fully saturated rings. The van der Waals surface area contributed by atoms with Gasteiger partial charge in [-0.05, 0) is 28.8 Å². The van der Waals surface area contributed by atoms with Crippen molar-refractivity contribution in [1.82, 2.24) is 0 Å². The molecule has 0 radical (unpaired) electrons. The van der Waals surface area contributed by atoms with Crippen LogP contribution in [0.2, 0.25) is 0 Å². The van der Waals surface area contributed by atoms with Crippen molar-refractivity contribution in [2.75, 3.05) is 0 Å². The highest BCUT2D eigenvalue weighted by Gasteiger charge is 2.37. The van der Waals surface area contributed by atoms with E-state index in [0.29, 0.717) is 22.3 Å². The summed E-state index contributed by atoms with van der Waals surface area (Å²) in [7, 11) is 0. The third kappa shape index (κ3) is 3.31. The molecule has 0 saturated heterocycles. The minimum Gasteiger partial charge on any atom is -0.449 e. The van der Waals surface area contributed by atoms with E-state index < -0.39 is 23.8 Å². The largest absolute Gasteiger partial charge is 0.449 e. The Morgan fingerprint density at radius 1 is 0.714 bits per heavy atom. The van der Waals surface area contributed by atoms with Gasteiger partial charge in [0.2, 0.25) is 0 Å². The van der Waals surface area contributed by atoms with Crippen molar-refractivity contribution in [3.8, 4) is 0 Å². The molecule has 0 aliphatic carbocycles. The monoisotopic (exact) mass is 380 g/mol. The number of carbonyl (C=O) groups excluding carboxylic acids is 1. The van der Waals surface area contributed by atoms with Gasteiger partial charge in [-0.25, -0.2) is 4.79 Å². The van der Waals surface area contributed by atoms with Gasteiger partial charge in [-0.1, -0.05) is 72.8 Å². The molecular weight excluding hydrogens is 365 g/mol. The summed E-state index contributed by atoms with van der Waals surface area (Å²) in [4.78, 5) is 12.7. The van der Waals surface area contributed by atoms with Gasteiger partial charge in [0.1, 0.15) is 0 Å². The number of rotatable bonds is 3. The molecule has 0 saturated carbocycles. The lowest BCUT2D eigenvalue weighted by Crippen LogP contribution is -2.07. The van der Waals surface area contributed by atoms with Crippen molar-refractivity contribution in [3.63, 3.8) is 0 Å². The molecular formula is C23H15F3O2. The number of halogens is 3. The molecule has 1 heterocycles. The maximum Gasteiger partial charge on any atom is 0.416 e. The first-order chi connectivity index (χ1) is 13.4. The Morgan fingerprint density at radius 3 is 1.79 bits per heavy atom. The zero-order valence-electron chi connectivity index (χ0n) is 14.6. The van der Waals surface area contributed by atoms with Gasteiger partial charge in [-0.2, -0.15) is 13.2 Å². The van der Waals surface area contributed by atoms with Gasteiger partial charge in [0.05, 0.1) is 11.1 Å². The summed E-state index contributed by atoms with van der Waals surface area (Å²) >= 11 is 0. The Hall–Kier alpha value is -3.34. The second-order valence-electron chi connectivity index (χ2n) is 6.43. The number of carbonyl (C=O) groups is 1. The molecule has 0 N–H and O–H groups in total. The number of ether oxygens (including phenoxy) is 1. The van der Waals surface area contributed by atoms with Crippen LogP contribution >= 0.6 is 0 Å². The normalized spacial score (nSPS) is 17.0. The van der Waals surface area contributed by atoms with Crippen LogP contribution in [0.5, 0.6) is 0 Å². The minimum atomic E-state index is -4.42. The summed E-state index contributed by atoms with van der Waals surface area (Å²) < 4.78 is 44.3. The molecule has 1 atom stereocenters. The van der Waals surface area contributed by atoms with E-state index in [2.05, 4.69) is 0 Å². The maximum atomic E-state index is 12.9. The first-order valence-corrected chi connectivity index (χ1v) is 8.68. The smallest absolute Gasteiger partial charge is 0.416 e. The number of esters is 1. The first kappa shape index (κ1) is 18.0. The lowest BCUT2D eigenvalue weighted by Gasteiger charge is -2.16. The van der Waals surface area contributed by atoms with Crippen LogP contribution < -0.4 is 0 Å². The number of hydrogen-bond acceptors (Lipinski definition) is 2. The van der Waals surface area contributed by atoms with Crippen LogP contribution in [0.15, 0.2) is 84.9 Å². The van der Waals surface area contributed by atoms with Crippen LogP contribution in [0.25, 0.3) is 11.1 Å². The summed E-state index contributed by atoms with van der Waals surface area (Å²) in [6.45, 7) is 0. The molecule has 1 aliphatic heterocycles. The quantitative estimate of drug-likeness (QED) is 0.528. The van der Waals surface area contributed by atoms with E-state index in [0.717, 1.165) is 17.7 Å². The molecule has 3 aromatic carbocycles. The van der Waals surface area contributed by atoms with Crippen molar-refractivity contribution in [3.05, 3.63) is 107 Å². The summed E-state index contributed by atoms with van der Waals surface area (Å²) in [5, 5.41) is 0. The van der Waals surface area contributed by atoms with Crippen LogP contribution in [0.4, 0.5) is 13.2 Å². The fourth-order valence-electron chi connectivity index (χ4n) is 3.34. The SMILES string of the molecule is O=C1OC(c2ccc(C(F)(F)F)cc2)C(c2ccccc2)=C1c1ccccc1. The van der Waals surface area contributed by atoms with Crippen LogP contribution in [-0.4, -0.2) is 5.97 Å². The third-order valence-electron chi connectivity index (χ3n) is 4.65. The zero-order chi connectivity index (χ0) is 19.7. The molecule has 1 aliphatic rings. The summed E-state index contributed by atoms with van der Waals surface area (Å²) in [6, 6.07) is 23.1. The second-order valence-corrected chi connectivity index (χ2v) is 6.43. The number of alkyl halides is 3. The average molecular weight is 380 g/mol. The molecule has 0 amide bonds. The highest BCUT2D eigenvalue weighted by molar-refractivity contribution is 6.28. The minimum absolute atomic E-state index is 0.427. The predicted octanol–water partition coefficient (Wildman–Crippen LogP) is 5.91. The molecule has 3 aromatic rings. The number of cyclic esters (lactones) is 1. The predicted molar refractivity (Wildman–Crippen MR) is 100.0 cm³/mol. The summed E-state index contributed by atoms with van der Waals surface area (Å²) in [5.74, 6) is -0.491. The van der Waals surface area contributed by atoms with Gasteiger partial charge in [0.15, 0.2) is 6.10 Å². The molecule has 2 nitrogen and oxygen atoms in total. The Bertz CT molecular complexity index is 1020. The van der Waals surface area contributed by atoms with Gasteiger partial charge < -0.3 is 4.74 Å². The Balaban J connectivity index is 1.86. The molecule has 28 heavy (non-hydrogen) atoms. The molecule has 4 rings (SSSR count). The zero-order valence-corrected chi connectivity index (χ0v) is 14.6. The van der Waals surface area contributed by atoms with Crippen LogP contribution in [0, 0.1) is 0 Å². The van der Waals surface area contributed by atoms with Crippen LogP contribution in [0.3, 0.4) is 0 Å². The van der Waals surface area contributed by atoms with Gasteiger partial charge in [0, 0.05) is 5.57 Å². The van der Waals surface area contributed by atoms with Gasteiger partial charge in [-0.15, -0.1) is 0 Å². The molecule has 0 spiro atoms. The Morgan fingerprint density at radius 2 is 1.25 bits per heavy atom. The average Bonchev–Trinajstić information content (AvgIpc) is 3.06. The van der Waals surface area contributed by atoms with Crippen molar-refractivity contribution in [2.45, 2.75) is 12.3 Å². The molecule has 5 heteroatoms. The third-order valence-corrected chi connectivity index (χ3v) is 4.65. The standard InChI is InChI=1S/C23H15F3O2/c24-23(25,26)18-13-11-17(12-14-18)21-19(15-7-3-1-4-8-15)20(22(27)28-21)16-9-5-2-6-10-16/h1-14,21H. The van der Waals surface area contributed by atoms with E-state index in [-0.39, 0.29) is 0 Å². The molecule has 0 aromatic heterocycles. The van der Waals surface area contributed by atoms with E-state index in [1.807, 2.05) is 60.7 Å². The lowest BCUT2D eigenvalue weighted by atomic mass is 9.90. The Kier molecular flexibility index (Phi) is 4.51. The topological polar surface area (TPSA) is 26.3 Å². The number of benzene rings is 3.